The normalized spacial score (nSPS) is 9.45. The van der Waals surface area contributed by atoms with Crippen LogP contribution in [0.3, 0.4) is 0 Å². The molecular formula is C15H22O7. The molecule has 124 valence electrons. The molecule has 0 N–H and O–H groups in total. The van der Waals surface area contributed by atoms with Gasteiger partial charge < -0.3 is 18.9 Å². The Morgan fingerprint density at radius 2 is 1.14 bits per heavy atom. The van der Waals surface area contributed by atoms with Crippen molar-refractivity contribution >= 4 is 18.1 Å². The van der Waals surface area contributed by atoms with Gasteiger partial charge in [0.25, 0.3) is 0 Å². The van der Waals surface area contributed by atoms with Gasteiger partial charge in [-0.1, -0.05) is 25.3 Å². The first-order chi connectivity index (χ1) is 10.6. The largest absolute Gasteiger partial charge is 0.508 e. The van der Waals surface area contributed by atoms with Gasteiger partial charge in [-0.2, -0.15) is 0 Å². The van der Waals surface area contributed by atoms with Crippen LogP contribution in [-0.2, 0) is 28.5 Å². The zero-order valence-electron chi connectivity index (χ0n) is 12.6. The number of carbonyl (C=O) groups excluding carboxylic acids is 3. The molecule has 0 rings (SSSR count). The van der Waals surface area contributed by atoms with Gasteiger partial charge in [-0.25, -0.2) is 4.79 Å². The smallest absolute Gasteiger partial charge is 0.461 e. The van der Waals surface area contributed by atoms with Crippen LogP contribution in [0.5, 0.6) is 0 Å². The molecule has 0 aliphatic carbocycles. The molecule has 0 aliphatic heterocycles. The summed E-state index contributed by atoms with van der Waals surface area (Å²) in [5, 5.41) is 0. The maximum atomic E-state index is 11.2. The molecule has 7 nitrogen and oxygen atoms in total. The highest BCUT2D eigenvalue weighted by atomic mass is 16.7. The van der Waals surface area contributed by atoms with Crippen LogP contribution < -0.4 is 0 Å². The van der Waals surface area contributed by atoms with E-state index in [2.05, 4.69) is 13.2 Å². The van der Waals surface area contributed by atoms with Crippen LogP contribution in [-0.4, -0.2) is 44.5 Å². The molecule has 0 radical (unpaired) electrons. The van der Waals surface area contributed by atoms with Crippen molar-refractivity contribution in [2.75, 3.05) is 26.4 Å². The van der Waals surface area contributed by atoms with Crippen LogP contribution in [0.2, 0.25) is 0 Å². The van der Waals surface area contributed by atoms with Crippen molar-refractivity contribution in [2.45, 2.75) is 25.7 Å². The molecule has 0 saturated carbocycles. The van der Waals surface area contributed by atoms with Crippen molar-refractivity contribution in [3.63, 3.8) is 0 Å². The summed E-state index contributed by atoms with van der Waals surface area (Å²) in [7, 11) is 0. The first-order valence-electron chi connectivity index (χ1n) is 6.92. The molecule has 0 saturated heterocycles. The second kappa shape index (κ2) is 13.7. The van der Waals surface area contributed by atoms with E-state index in [0.29, 0.717) is 12.8 Å². The molecule has 0 bridgehead atoms. The Balaban J connectivity index is 3.46. The number of rotatable bonds is 12. The van der Waals surface area contributed by atoms with E-state index in [-0.39, 0.29) is 51.2 Å². The van der Waals surface area contributed by atoms with Gasteiger partial charge in [0.05, 0.1) is 13.2 Å². The van der Waals surface area contributed by atoms with Crippen molar-refractivity contribution in [1.82, 2.24) is 0 Å². The quantitative estimate of drug-likeness (QED) is 0.236. The molecule has 22 heavy (non-hydrogen) atoms. The lowest BCUT2D eigenvalue weighted by Gasteiger charge is -2.06. The molecule has 0 aromatic carbocycles. The number of esters is 2. The van der Waals surface area contributed by atoms with E-state index in [0.717, 1.165) is 0 Å². The summed E-state index contributed by atoms with van der Waals surface area (Å²) >= 11 is 0. The van der Waals surface area contributed by atoms with E-state index in [9.17, 15) is 14.4 Å². The van der Waals surface area contributed by atoms with Gasteiger partial charge in [-0.15, -0.1) is 0 Å². The molecule has 0 amide bonds. The molecule has 0 spiro atoms. The van der Waals surface area contributed by atoms with E-state index in [1.165, 1.54) is 12.2 Å². The average Bonchev–Trinajstić information content (AvgIpc) is 2.51. The zero-order valence-corrected chi connectivity index (χ0v) is 12.6. The van der Waals surface area contributed by atoms with Gasteiger partial charge >= 0.3 is 18.1 Å². The van der Waals surface area contributed by atoms with Crippen molar-refractivity contribution in [2.24, 2.45) is 0 Å². The molecule has 0 atom stereocenters. The molecule has 0 heterocycles. The molecular weight excluding hydrogens is 292 g/mol. The zero-order chi connectivity index (χ0) is 16.6. The summed E-state index contributed by atoms with van der Waals surface area (Å²) in [4.78, 5) is 33.4. The van der Waals surface area contributed by atoms with Gasteiger partial charge in [0.2, 0.25) is 0 Å². The third kappa shape index (κ3) is 12.7. The molecule has 7 heteroatoms. The van der Waals surface area contributed by atoms with E-state index < -0.39 is 6.16 Å². The third-order valence-corrected chi connectivity index (χ3v) is 2.21. The predicted octanol–water partition coefficient (Wildman–Crippen LogP) is 2.16. The summed E-state index contributed by atoms with van der Waals surface area (Å²) in [6.45, 7) is 7.28. The van der Waals surface area contributed by atoms with Crippen LogP contribution in [0.25, 0.3) is 0 Å². The molecule has 0 aromatic heterocycles. The van der Waals surface area contributed by atoms with Crippen LogP contribution in [0.1, 0.15) is 25.7 Å². The maximum Gasteiger partial charge on any atom is 0.508 e. The van der Waals surface area contributed by atoms with Gasteiger partial charge in [-0.3, -0.25) is 9.59 Å². The second-order valence-corrected chi connectivity index (χ2v) is 4.10. The van der Waals surface area contributed by atoms with Crippen LogP contribution in [0.15, 0.2) is 25.3 Å². The molecule has 0 aromatic rings. The Kier molecular flexibility index (Phi) is 12.2. The standard InChI is InChI=1S/C15H22O7/c1-3-9-19-13(16)7-5-11-21-15(18)22-12-6-8-14(17)20-10-4-2/h3-4H,1-2,5-12H2. The fourth-order valence-electron chi connectivity index (χ4n) is 1.23. The molecule has 0 fully saturated rings. The van der Waals surface area contributed by atoms with E-state index in [1.54, 1.807) is 0 Å². The highest BCUT2D eigenvalue weighted by Gasteiger charge is 2.07. The van der Waals surface area contributed by atoms with E-state index >= 15 is 0 Å². The lowest BCUT2D eigenvalue weighted by molar-refractivity contribution is -0.143. The van der Waals surface area contributed by atoms with Gasteiger partial charge in [0.15, 0.2) is 0 Å². The summed E-state index contributed by atoms with van der Waals surface area (Å²) in [6.07, 6.45) is 3.10. The van der Waals surface area contributed by atoms with Gasteiger partial charge in [0.1, 0.15) is 13.2 Å². The minimum atomic E-state index is -0.834. The Morgan fingerprint density at radius 1 is 0.727 bits per heavy atom. The third-order valence-electron chi connectivity index (χ3n) is 2.21. The first kappa shape index (κ1) is 19.7. The lowest BCUT2D eigenvalue weighted by Crippen LogP contribution is -2.12. The SMILES string of the molecule is C=CCOC(=O)CCCOC(=O)OCCCC(=O)OCC=C. The minimum Gasteiger partial charge on any atom is -0.461 e. The number of carbonyl (C=O) groups is 3. The summed E-state index contributed by atoms with van der Waals surface area (Å²) < 4.78 is 19.0. The van der Waals surface area contributed by atoms with Crippen LogP contribution in [0, 0.1) is 0 Å². The summed E-state index contributed by atoms with van der Waals surface area (Å²) in [5.74, 6) is -0.759. The first-order valence-corrected chi connectivity index (χ1v) is 6.92. The molecule has 0 unspecified atom stereocenters. The average molecular weight is 314 g/mol. The van der Waals surface area contributed by atoms with Gasteiger partial charge in [-0.05, 0) is 12.8 Å². The fourth-order valence-corrected chi connectivity index (χ4v) is 1.23. The van der Waals surface area contributed by atoms with Crippen molar-refractivity contribution in [3.05, 3.63) is 25.3 Å². The lowest BCUT2D eigenvalue weighted by atomic mass is 10.3. The van der Waals surface area contributed by atoms with Gasteiger partial charge in [0, 0.05) is 12.8 Å². The Hall–Kier alpha value is -2.31. The highest BCUT2D eigenvalue weighted by Crippen LogP contribution is 1.98. The van der Waals surface area contributed by atoms with Crippen LogP contribution in [0.4, 0.5) is 4.79 Å². The topological polar surface area (TPSA) is 88.1 Å². The Labute approximate surface area is 129 Å². The Morgan fingerprint density at radius 3 is 1.50 bits per heavy atom. The fraction of sp³-hybridized carbons (Fsp3) is 0.533. The van der Waals surface area contributed by atoms with Crippen molar-refractivity contribution < 1.29 is 33.3 Å². The second-order valence-electron chi connectivity index (χ2n) is 4.10. The monoisotopic (exact) mass is 314 g/mol. The number of hydrogen-bond acceptors (Lipinski definition) is 7. The van der Waals surface area contributed by atoms with E-state index in [4.69, 9.17) is 18.9 Å². The molecule has 0 aliphatic rings. The van der Waals surface area contributed by atoms with Crippen molar-refractivity contribution in [3.8, 4) is 0 Å². The maximum absolute atomic E-state index is 11.2. The highest BCUT2D eigenvalue weighted by molar-refractivity contribution is 5.69. The van der Waals surface area contributed by atoms with E-state index in [1.807, 2.05) is 0 Å². The van der Waals surface area contributed by atoms with Crippen molar-refractivity contribution in [1.29, 1.82) is 0 Å². The Bertz CT molecular complexity index is 342. The predicted molar refractivity (Wildman–Crippen MR) is 78.1 cm³/mol. The number of ether oxygens (including phenoxy) is 4. The number of hydrogen-bond donors (Lipinski definition) is 0. The summed E-state index contributed by atoms with van der Waals surface area (Å²) in [5.41, 5.74) is 0. The minimum absolute atomic E-state index is 0.0589. The summed E-state index contributed by atoms with van der Waals surface area (Å²) in [6, 6.07) is 0. The van der Waals surface area contributed by atoms with Crippen LogP contribution >= 0.6 is 0 Å².